The van der Waals surface area contributed by atoms with Crippen molar-refractivity contribution in [1.82, 2.24) is 9.97 Å². The second-order valence-corrected chi connectivity index (χ2v) is 5.95. The first kappa shape index (κ1) is 12.0. The average Bonchev–Trinajstić information content (AvgIpc) is 2.30. The molecule has 1 aliphatic rings. The van der Waals surface area contributed by atoms with Gasteiger partial charge in [-0.1, -0.05) is 0 Å². The summed E-state index contributed by atoms with van der Waals surface area (Å²) in [6.45, 7) is 0.390. The molecule has 0 amide bonds. The lowest BCUT2D eigenvalue weighted by molar-refractivity contribution is 0.181. The largest absolute Gasteiger partial charge is 0.378 e. The molecule has 1 unspecified atom stereocenters. The van der Waals surface area contributed by atoms with Crippen LogP contribution in [0, 0.1) is 0 Å². The summed E-state index contributed by atoms with van der Waals surface area (Å²) < 4.78 is 5.00. The van der Waals surface area contributed by atoms with Crippen LogP contribution in [-0.2, 0) is 11.3 Å². The summed E-state index contributed by atoms with van der Waals surface area (Å²) in [5.41, 5.74) is 0.616. The van der Waals surface area contributed by atoms with Crippen LogP contribution in [0.3, 0.4) is 0 Å². The van der Waals surface area contributed by atoms with Crippen LogP contribution in [0.4, 0.5) is 0 Å². The summed E-state index contributed by atoms with van der Waals surface area (Å²) >= 11 is 3.77. The third-order valence-electron chi connectivity index (χ3n) is 2.23. The number of hydrogen-bond donors (Lipinski definition) is 1. The Balaban J connectivity index is 2.21. The Bertz CT molecular complexity index is 402. The summed E-state index contributed by atoms with van der Waals surface area (Å²) in [4.78, 5) is 18.7. The number of methoxy groups -OCH3 is 1. The predicted octanol–water partition coefficient (Wildman–Crippen LogP) is 1.44. The number of thioether (sulfide) groups is 2. The van der Waals surface area contributed by atoms with Crippen LogP contribution in [0.2, 0.25) is 0 Å². The van der Waals surface area contributed by atoms with Crippen LogP contribution in [0.5, 0.6) is 0 Å². The molecule has 0 radical (unpaired) electrons. The lowest BCUT2D eigenvalue weighted by Crippen LogP contribution is -2.18. The van der Waals surface area contributed by atoms with Gasteiger partial charge < -0.3 is 9.72 Å². The quantitative estimate of drug-likeness (QED) is 0.889. The number of H-pyrrole nitrogens is 1. The first-order valence-corrected chi connectivity index (χ1v) is 7.28. The van der Waals surface area contributed by atoms with Crippen molar-refractivity contribution in [2.24, 2.45) is 0 Å². The van der Waals surface area contributed by atoms with Crippen LogP contribution >= 0.6 is 23.5 Å². The van der Waals surface area contributed by atoms with Crippen molar-refractivity contribution >= 4 is 23.5 Å². The van der Waals surface area contributed by atoms with E-state index in [4.69, 9.17) is 4.74 Å². The molecule has 0 aliphatic carbocycles. The minimum atomic E-state index is -0.0896. The molecule has 2 heterocycles. The van der Waals surface area contributed by atoms with Crippen molar-refractivity contribution in [3.63, 3.8) is 0 Å². The van der Waals surface area contributed by atoms with Crippen molar-refractivity contribution < 1.29 is 4.74 Å². The first-order chi connectivity index (χ1) is 7.79. The molecule has 1 N–H and O–H groups in total. The number of nitrogens with one attached hydrogen (secondary N) is 1. The number of rotatable bonds is 3. The molecule has 2 rings (SSSR count). The molecule has 1 aliphatic heterocycles. The van der Waals surface area contributed by atoms with E-state index < -0.39 is 0 Å². The Hall–Kier alpha value is -0.460. The normalized spacial score (nSPS) is 20.9. The number of nitrogens with zero attached hydrogens (tertiary/aromatic N) is 1. The smallest absolute Gasteiger partial charge is 0.251 e. The van der Waals surface area contributed by atoms with Gasteiger partial charge in [0.15, 0.2) is 0 Å². The van der Waals surface area contributed by atoms with Gasteiger partial charge in [0.25, 0.3) is 5.56 Å². The van der Waals surface area contributed by atoms with Gasteiger partial charge in [-0.15, -0.1) is 11.8 Å². The molecule has 1 saturated heterocycles. The van der Waals surface area contributed by atoms with Gasteiger partial charge >= 0.3 is 0 Å². The van der Waals surface area contributed by atoms with E-state index in [1.165, 1.54) is 11.8 Å². The van der Waals surface area contributed by atoms with E-state index in [0.29, 0.717) is 17.6 Å². The molecule has 1 aromatic heterocycles. The summed E-state index contributed by atoms with van der Waals surface area (Å²) in [5.74, 6) is 4.11. The third kappa shape index (κ3) is 3.02. The van der Waals surface area contributed by atoms with Crippen molar-refractivity contribution in [2.45, 2.75) is 11.9 Å². The monoisotopic (exact) mass is 258 g/mol. The highest BCUT2D eigenvalue weighted by atomic mass is 32.2. The Morgan fingerprint density at radius 1 is 1.62 bits per heavy atom. The van der Waals surface area contributed by atoms with E-state index in [1.807, 2.05) is 23.5 Å². The van der Waals surface area contributed by atoms with Crippen LogP contribution in [0.25, 0.3) is 0 Å². The van der Waals surface area contributed by atoms with Gasteiger partial charge in [-0.05, 0) is 0 Å². The Kier molecular flexibility index (Phi) is 4.31. The van der Waals surface area contributed by atoms with Crippen LogP contribution in [-0.4, -0.2) is 34.3 Å². The molecule has 0 bridgehead atoms. The standard InChI is InChI=1S/C10H14N2O2S2/c1-14-5-7-4-9(13)12-10(11-7)8-6-15-2-3-16-8/h4,8H,2-3,5-6H2,1H3,(H,11,12,13). The first-order valence-electron chi connectivity index (χ1n) is 5.08. The molecule has 0 spiro atoms. The Morgan fingerprint density at radius 2 is 2.50 bits per heavy atom. The maximum Gasteiger partial charge on any atom is 0.251 e. The summed E-state index contributed by atoms with van der Waals surface area (Å²) in [6, 6.07) is 1.49. The number of hydrogen-bond acceptors (Lipinski definition) is 5. The van der Waals surface area contributed by atoms with Crippen molar-refractivity contribution in [3.8, 4) is 0 Å². The van der Waals surface area contributed by atoms with Crippen molar-refractivity contribution in [2.75, 3.05) is 24.4 Å². The molecular formula is C10H14N2O2S2. The fourth-order valence-electron chi connectivity index (χ4n) is 1.55. The van der Waals surface area contributed by atoms with E-state index in [2.05, 4.69) is 9.97 Å². The molecule has 1 aromatic rings. The summed E-state index contributed by atoms with van der Waals surface area (Å²) in [5, 5.41) is 0.309. The van der Waals surface area contributed by atoms with Gasteiger partial charge in [0.2, 0.25) is 0 Å². The molecule has 1 atom stereocenters. The zero-order valence-electron chi connectivity index (χ0n) is 9.06. The topological polar surface area (TPSA) is 55.0 Å². The lowest BCUT2D eigenvalue weighted by Gasteiger charge is -2.20. The van der Waals surface area contributed by atoms with E-state index in [-0.39, 0.29) is 5.56 Å². The molecule has 0 saturated carbocycles. The van der Waals surface area contributed by atoms with Gasteiger partial charge in [-0.25, -0.2) is 4.98 Å². The Morgan fingerprint density at radius 3 is 3.19 bits per heavy atom. The van der Waals surface area contributed by atoms with Gasteiger partial charge in [0.05, 0.1) is 17.6 Å². The number of aromatic amines is 1. The molecule has 1 fully saturated rings. The van der Waals surface area contributed by atoms with Crippen molar-refractivity contribution in [1.29, 1.82) is 0 Å². The molecule has 16 heavy (non-hydrogen) atoms. The Labute approximate surface area is 103 Å². The fourth-order valence-corrected chi connectivity index (χ4v) is 4.17. The zero-order chi connectivity index (χ0) is 11.4. The number of ether oxygens (including phenoxy) is 1. The summed E-state index contributed by atoms with van der Waals surface area (Å²) in [7, 11) is 1.60. The SMILES string of the molecule is COCc1cc(=O)[nH]c(C2CSCCS2)n1. The average molecular weight is 258 g/mol. The van der Waals surface area contributed by atoms with Gasteiger partial charge in [-0.2, -0.15) is 11.8 Å². The lowest BCUT2D eigenvalue weighted by atomic mass is 10.3. The van der Waals surface area contributed by atoms with Gasteiger partial charge in [0, 0.05) is 30.4 Å². The molecule has 88 valence electrons. The maximum atomic E-state index is 11.5. The highest BCUT2D eigenvalue weighted by Crippen LogP contribution is 2.34. The van der Waals surface area contributed by atoms with Gasteiger partial charge in [0.1, 0.15) is 5.82 Å². The summed E-state index contributed by atoms with van der Waals surface area (Å²) in [6.07, 6.45) is 0. The molecule has 6 heteroatoms. The van der Waals surface area contributed by atoms with Crippen molar-refractivity contribution in [3.05, 3.63) is 27.9 Å². The van der Waals surface area contributed by atoms with Gasteiger partial charge in [-0.3, -0.25) is 4.79 Å². The van der Waals surface area contributed by atoms with E-state index in [1.54, 1.807) is 7.11 Å². The predicted molar refractivity (Wildman–Crippen MR) is 68.1 cm³/mol. The second kappa shape index (κ2) is 5.75. The van der Waals surface area contributed by atoms with E-state index >= 15 is 0 Å². The zero-order valence-corrected chi connectivity index (χ0v) is 10.7. The molecule has 0 aromatic carbocycles. The minimum absolute atomic E-state index is 0.0896. The number of aromatic nitrogens is 2. The molecular weight excluding hydrogens is 244 g/mol. The van der Waals surface area contributed by atoms with E-state index in [9.17, 15) is 4.79 Å². The second-order valence-electron chi connectivity index (χ2n) is 3.49. The minimum Gasteiger partial charge on any atom is -0.378 e. The highest BCUT2D eigenvalue weighted by Gasteiger charge is 2.19. The van der Waals surface area contributed by atoms with Crippen LogP contribution in [0.15, 0.2) is 10.9 Å². The van der Waals surface area contributed by atoms with Crippen LogP contribution < -0.4 is 5.56 Å². The fraction of sp³-hybridized carbons (Fsp3) is 0.600. The third-order valence-corrected chi connectivity index (χ3v) is 4.99. The highest BCUT2D eigenvalue weighted by molar-refractivity contribution is 8.06. The maximum absolute atomic E-state index is 11.5. The van der Waals surface area contributed by atoms with E-state index in [0.717, 1.165) is 17.3 Å². The van der Waals surface area contributed by atoms with Crippen LogP contribution in [0.1, 0.15) is 16.8 Å². The molecule has 4 nitrogen and oxygen atoms in total.